The first-order valence-electron chi connectivity index (χ1n) is 4.50. The van der Waals surface area contributed by atoms with Crippen LogP contribution in [0, 0.1) is 0 Å². The molecule has 0 fully saturated rings. The molecule has 0 aliphatic carbocycles. The van der Waals surface area contributed by atoms with E-state index in [0.717, 1.165) is 12.3 Å². The fraction of sp³-hybridized carbons (Fsp3) is 0.625. The van der Waals surface area contributed by atoms with Crippen LogP contribution in [0.15, 0.2) is 17.3 Å². The van der Waals surface area contributed by atoms with Crippen LogP contribution in [0.2, 0.25) is 0 Å². The van der Waals surface area contributed by atoms with Crippen LogP contribution >= 0.6 is 0 Å². The Morgan fingerprint density at radius 2 is 2.12 bits per heavy atom. The molecule has 0 spiro atoms. The van der Waals surface area contributed by atoms with Crippen LogP contribution in [-0.2, 0) is 9.84 Å². The third-order valence-electron chi connectivity index (χ3n) is 2.28. The van der Waals surface area contributed by atoms with E-state index in [-0.39, 0.29) is 11.6 Å². The first kappa shape index (κ1) is 13.0. The maximum Gasteiger partial charge on any atom is 0.333 e. The van der Waals surface area contributed by atoms with E-state index in [4.69, 9.17) is 5.73 Å². The van der Waals surface area contributed by atoms with Crippen LogP contribution in [0.5, 0.6) is 0 Å². The Balaban J connectivity index is 3.18. The molecule has 0 saturated heterocycles. The summed E-state index contributed by atoms with van der Waals surface area (Å²) in [6, 6.07) is 1.04. The third-order valence-corrected chi connectivity index (χ3v) is 4.67. The minimum absolute atomic E-state index is 0.114. The lowest BCUT2D eigenvalue weighted by Crippen LogP contribution is -2.39. The van der Waals surface area contributed by atoms with Gasteiger partial charge in [-0.1, -0.05) is 0 Å². The molecule has 92 valence electrons. The van der Waals surface area contributed by atoms with Gasteiger partial charge in [-0.25, -0.2) is 13.1 Å². The molecule has 0 saturated carbocycles. The number of hydrogen-bond donors (Lipinski definition) is 1. The summed E-state index contributed by atoms with van der Waals surface area (Å²) >= 11 is 0. The van der Waals surface area contributed by atoms with Crippen LogP contribution in [0.25, 0.3) is 0 Å². The van der Waals surface area contributed by atoms with Crippen molar-refractivity contribution in [1.29, 1.82) is 0 Å². The van der Waals surface area contributed by atoms with E-state index in [0.29, 0.717) is 4.68 Å². The Kier molecular flexibility index (Phi) is 3.34. The molecule has 1 aromatic heterocycles. The van der Waals surface area contributed by atoms with Crippen molar-refractivity contribution in [2.75, 3.05) is 6.54 Å². The predicted octanol–water partition coefficient (Wildman–Crippen LogP) is 0.789. The van der Waals surface area contributed by atoms with Crippen molar-refractivity contribution in [3.8, 4) is 0 Å². The molecular weight excluding hydrogens is 240 g/mol. The second-order valence-corrected chi connectivity index (χ2v) is 6.41. The maximum absolute atomic E-state index is 12.2. The Morgan fingerprint density at radius 3 is 2.50 bits per heavy atom. The van der Waals surface area contributed by atoms with Gasteiger partial charge in [0.2, 0.25) is 9.84 Å². The Morgan fingerprint density at radius 1 is 1.56 bits per heavy atom. The lowest BCUT2D eigenvalue weighted by molar-refractivity contribution is 0.0553. The lowest BCUT2D eigenvalue weighted by atomic mass is 10.2. The zero-order chi connectivity index (χ0) is 12.6. The highest BCUT2D eigenvalue weighted by atomic mass is 32.2. The van der Waals surface area contributed by atoms with E-state index in [1.807, 2.05) is 0 Å². The monoisotopic (exact) mass is 253 g/mol. The molecule has 1 aromatic rings. The van der Waals surface area contributed by atoms with E-state index in [2.05, 4.69) is 5.10 Å². The number of nitrogens with zero attached hydrogens (tertiary/aromatic N) is 2. The standard InChI is InChI=1S/C8H13F2N3O2S/c1-8(2,5-11)16(14,15)6-3-4-13(12-6)7(9)10/h3-4,7H,5,11H2,1-2H3. The fourth-order valence-electron chi connectivity index (χ4n) is 0.965. The second-order valence-electron chi connectivity index (χ2n) is 3.88. The molecule has 5 nitrogen and oxygen atoms in total. The summed E-state index contributed by atoms with van der Waals surface area (Å²) in [7, 11) is -3.79. The Labute approximate surface area is 92.2 Å². The Hall–Kier alpha value is -1.02. The van der Waals surface area contributed by atoms with Gasteiger partial charge in [-0.3, -0.25) is 0 Å². The van der Waals surface area contributed by atoms with E-state index in [9.17, 15) is 17.2 Å². The van der Waals surface area contributed by atoms with Crippen molar-refractivity contribution in [3.05, 3.63) is 12.3 Å². The smallest absolute Gasteiger partial charge is 0.329 e. The summed E-state index contributed by atoms with van der Waals surface area (Å²) in [5.41, 5.74) is 5.33. The number of sulfone groups is 1. The van der Waals surface area contributed by atoms with E-state index in [1.165, 1.54) is 13.8 Å². The molecular formula is C8H13F2N3O2S. The summed E-state index contributed by atoms with van der Waals surface area (Å²) in [5.74, 6) is 0. The number of aromatic nitrogens is 2. The number of nitrogens with two attached hydrogens (primary N) is 1. The summed E-state index contributed by atoms with van der Waals surface area (Å²) in [6.45, 7) is -0.130. The average molecular weight is 253 g/mol. The van der Waals surface area contributed by atoms with Crippen molar-refractivity contribution in [2.24, 2.45) is 5.73 Å². The van der Waals surface area contributed by atoms with Crippen molar-refractivity contribution in [2.45, 2.75) is 30.2 Å². The summed E-state index contributed by atoms with van der Waals surface area (Å²) in [6.07, 6.45) is 0.921. The zero-order valence-electron chi connectivity index (χ0n) is 8.89. The minimum Gasteiger partial charge on any atom is -0.329 e. The highest BCUT2D eigenvalue weighted by Crippen LogP contribution is 2.23. The summed E-state index contributed by atoms with van der Waals surface area (Å²) in [5, 5.41) is 2.93. The molecule has 8 heteroatoms. The van der Waals surface area contributed by atoms with Gasteiger partial charge in [-0.15, -0.1) is 0 Å². The van der Waals surface area contributed by atoms with Gasteiger partial charge in [-0.2, -0.15) is 13.9 Å². The lowest BCUT2D eigenvalue weighted by Gasteiger charge is -2.20. The molecule has 16 heavy (non-hydrogen) atoms. The topological polar surface area (TPSA) is 78.0 Å². The van der Waals surface area contributed by atoms with Gasteiger partial charge in [-0.05, 0) is 19.9 Å². The SMILES string of the molecule is CC(C)(CN)S(=O)(=O)c1ccn(C(F)F)n1. The Bertz CT molecular complexity index is 467. The number of halogens is 2. The third kappa shape index (κ3) is 2.07. The maximum atomic E-state index is 12.2. The molecule has 0 aromatic carbocycles. The number of hydrogen-bond acceptors (Lipinski definition) is 4. The zero-order valence-corrected chi connectivity index (χ0v) is 9.71. The molecule has 1 rings (SSSR count). The van der Waals surface area contributed by atoms with Gasteiger partial charge in [0.25, 0.3) is 0 Å². The molecule has 1 heterocycles. The van der Waals surface area contributed by atoms with Gasteiger partial charge in [0.05, 0.1) is 4.75 Å². The molecule has 2 N–H and O–H groups in total. The molecule has 0 aliphatic heterocycles. The van der Waals surface area contributed by atoms with Crippen molar-refractivity contribution in [3.63, 3.8) is 0 Å². The van der Waals surface area contributed by atoms with Crippen LogP contribution in [0.3, 0.4) is 0 Å². The van der Waals surface area contributed by atoms with E-state index in [1.54, 1.807) is 0 Å². The first-order valence-corrected chi connectivity index (χ1v) is 5.98. The fourth-order valence-corrected chi connectivity index (χ4v) is 2.19. The van der Waals surface area contributed by atoms with Crippen molar-refractivity contribution >= 4 is 9.84 Å². The molecule has 0 unspecified atom stereocenters. The molecule has 0 atom stereocenters. The highest BCUT2D eigenvalue weighted by molar-refractivity contribution is 7.92. The molecule has 0 aliphatic rings. The van der Waals surface area contributed by atoms with Gasteiger partial charge in [0, 0.05) is 12.7 Å². The van der Waals surface area contributed by atoms with Gasteiger partial charge in [0.1, 0.15) is 0 Å². The van der Waals surface area contributed by atoms with Gasteiger partial charge in [0.15, 0.2) is 5.03 Å². The normalized spacial score (nSPS) is 13.4. The largest absolute Gasteiger partial charge is 0.333 e. The second kappa shape index (κ2) is 4.10. The van der Waals surface area contributed by atoms with E-state index >= 15 is 0 Å². The molecule has 0 amide bonds. The van der Waals surface area contributed by atoms with Gasteiger partial charge < -0.3 is 5.73 Å². The average Bonchev–Trinajstić information content (AvgIpc) is 2.66. The van der Waals surface area contributed by atoms with Crippen molar-refractivity contribution < 1.29 is 17.2 Å². The van der Waals surface area contributed by atoms with Crippen LogP contribution < -0.4 is 5.73 Å². The number of rotatable bonds is 4. The number of alkyl halides is 2. The minimum atomic E-state index is -3.79. The molecule has 0 bridgehead atoms. The quantitative estimate of drug-likeness (QED) is 0.860. The van der Waals surface area contributed by atoms with Crippen LogP contribution in [0.4, 0.5) is 8.78 Å². The first-order chi connectivity index (χ1) is 7.22. The highest BCUT2D eigenvalue weighted by Gasteiger charge is 2.36. The summed E-state index contributed by atoms with van der Waals surface area (Å²) < 4.78 is 47.4. The van der Waals surface area contributed by atoms with Crippen LogP contribution in [-0.4, -0.2) is 29.5 Å². The molecule has 0 radical (unpaired) electrons. The summed E-state index contributed by atoms with van der Waals surface area (Å²) in [4.78, 5) is 0. The van der Waals surface area contributed by atoms with Crippen molar-refractivity contribution in [1.82, 2.24) is 9.78 Å². The van der Waals surface area contributed by atoms with Crippen LogP contribution in [0.1, 0.15) is 20.4 Å². The van der Waals surface area contributed by atoms with E-state index < -0.39 is 21.1 Å². The predicted molar refractivity (Wildman–Crippen MR) is 53.8 cm³/mol. The van der Waals surface area contributed by atoms with Gasteiger partial charge >= 0.3 is 6.55 Å².